The van der Waals surface area contributed by atoms with Crippen molar-refractivity contribution < 1.29 is 9.50 Å². The monoisotopic (exact) mass is 289 g/mol. The molecular weight excluding hydrogens is 277 g/mol. The molecule has 0 amide bonds. The van der Waals surface area contributed by atoms with Gasteiger partial charge in [0.1, 0.15) is 22.4 Å². The minimum atomic E-state index is -0.367. The summed E-state index contributed by atoms with van der Waals surface area (Å²) in [5, 5.41) is 20.8. The van der Waals surface area contributed by atoms with E-state index in [-0.39, 0.29) is 24.0 Å². The van der Waals surface area contributed by atoms with Crippen molar-refractivity contribution in [2.24, 2.45) is 0 Å². The molecule has 0 saturated heterocycles. The number of rotatable bonds is 2. The van der Waals surface area contributed by atoms with E-state index in [4.69, 9.17) is 5.41 Å². The van der Waals surface area contributed by atoms with Gasteiger partial charge in [-0.2, -0.15) is 0 Å². The third kappa shape index (κ3) is 2.08. The second kappa shape index (κ2) is 4.72. The molecule has 3 rings (SSSR count). The normalized spacial score (nSPS) is 15.3. The van der Waals surface area contributed by atoms with E-state index in [1.807, 2.05) is 12.3 Å². The largest absolute Gasteiger partial charge is 0.510 e. The first-order valence-corrected chi connectivity index (χ1v) is 6.91. The van der Waals surface area contributed by atoms with Crippen LogP contribution < -0.4 is 4.90 Å². The maximum absolute atomic E-state index is 13.3. The maximum Gasteiger partial charge on any atom is 0.139 e. The minimum absolute atomic E-state index is 0.0913. The molecular formula is C14H12FN3OS. The zero-order valence-corrected chi connectivity index (χ0v) is 11.5. The summed E-state index contributed by atoms with van der Waals surface area (Å²) < 4.78 is 13.3. The lowest BCUT2D eigenvalue weighted by molar-refractivity contribution is 0.411. The fourth-order valence-corrected chi connectivity index (χ4v) is 3.00. The van der Waals surface area contributed by atoms with Crippen LogP contribution in [0.1, 0.15) is 10.7 Å². The molecule has 6 heteroatoms. The fourth-order valence-electron chi connectivity index (χ4n) is 2.14. The van der Waals surface area contributed by atoms with Crippen molar-refractivity contribution in [3.8, 4) is 0 Å². The highest BCUT2D eigenvalue weighted by atomic mass is 32.1. The van der Waals surface area contributed by atoms with Gasteiger partial charge in [0.2, 0.25) is 0 Å². The third-order valence-corrected chi connectivity index (χ3v) is 4.03. The SMILES string of the molecule is Cc1csc(C2=C(O)CN(c3cccc(F)c3)C2=N)n1. The van der Waals surface area contributed by atoms with E-state index in [9.17, 15) is 9.50 Å². The number of hydrogen-bond donors (Lipinski definition) is 2. The number of aryl methyl sites for hydroxylation is 1. The minimum Gasteiger partial charge on any atom is -0.510 e. The van der Waals surface area contributed by atoms with Gasteiger partial charge >= 0.3 is 0 Å². The van der Waals surface area contributed by atoms with E-state index >= 15 is 0 Å². The highest BCUT2D eigenvalue weighted by molar-refractivity contribution is 7.11. The lowest BCUT2D eigenvalue weighted by Gasteiger charge is -2.18. The van der Waals surface area contributed by atoms with Crippen LogP contribution in [0.4, 0.5) is 10.1 Å². The first kappa shape index (κ1) is 12.8. The van der Waals surface area contributed by atoms with Crippen LogP contribution in [0.2, 0.25) is 0 Å². The number of aromatic nitrogens is 1. The summed E-state index contributed by atoms with van der Waals surface area (Å²) in [5.74, 6) is -0.135. The molecule has 0 spiro atoms. The van der Waals surface area contributed by atoms with Gasteiger partial charge in [-0.15, -0.1) is 11.3 Å². The number of thiazole rings is 1. The van der Waals surface area contributed by atoms with Gasteiger partial charge < -0.3 is 10.0 Å². The predicted octanol–water partition coefficient (Wildman–Crippen LogP) is 3.36. The quantitative estimate of drug-likeness (QED) is 0.891. The number of halogens is 1. The Kier molecular flexibility index (Phi) is 3.02. The molecule has 1 aromatic carbocycles. The molecule has 102 valence electrons. The summed E-state index contributed by atoms with van der Waals surface area (Å²) in [6.07, 6.45) is 0. The smallest absolute Gasteiger partial charge is 0.139 e. The van der Waals surface area contributed by atoms with Crippen LogP contribution in [0.15, 0.2) is 35.4 Å². The van der Waals surface area contributed by atoms with E-state index in [1.54, 1.807) is 17.0 Å². The summed E-state index contributed by atoms with van der Waals surface area (Å²) in [6, 6.07) is 5.99. The molecule has 0 fully saturated rings. The highest BCUT2D eigenvalue weighted by Gasteiger charge is 2.31. The Morgan fingerprint density at radius 3 is 2.90 bits per heavy atom. The fraction of sp³-hybridized carbons (Fsp3) is 0.143. The lowest BCUT2D eigenvalue weighted by Crippen LogP contribution is -2.26. The molecule has 4 nitrogen and oxygen atoms in total. The first-order chi connectivity index (χ1) is 9.56. The summed E-state index contributed by atoms with van der Waals surface area (Å²) >= 11 is 1.38. The van der Waals surface area contributed by atoms with E-state index in [1.165, 1.54) is 23.5 Å². The second-order valence-electron chi connectivity index (χ2n) is 4.53. The molecule has 2 aromatic rings. The van der Waals surface area contributed by atoms with Crippen LogP contribution in [0.5, 0.6) is 0 Å². The van der Waals surface area contributed by atoms with Crippen molar-refractivity contribution in [3.05, 3.63) is 51.9 Å². The molecule has 2 heterocycles. The average molecular weight is 289 g/mol. The van der Waals surface area contributed by atoms with Crippen LogP contribution in [0.3, 0.4) is 0 Å². The van der Waals surface area contributed by atoms with Gasteiger partial charge in [-0.05, 0) is 25.1 Å². The van der Waals surface area contributed by atoms with Gasteiger partial charge in [0.15, 0.2) is 0 Å². The number of aliphatic hydroxyl groups is 1. The Bertz CT molecular complexity index is 723. The van der Waals surface area contributed by atoms with Gasteiger partial charge in [0, 0.05) is 16.8 Å². The van der Waals surface area contributed by atoms with Gasteiger partial charge in [-0.3, -0.25) is 5.41 Å². The molecule has 0 radical (unpaired) electrons. The Morgan fingerprint density at radius 1 is 1.45 bits per heavy atom. The number of anilines is 1. The molecule has 1 aliphatic heterocycles. The number of benzene rings is 1. The molecule has 0 aliphatic carbocycles. The van der Waals surface area contributed by atoms with Crippen molar-refractivity contribution in [2.45, 2.75) is 6.92 Å². The maximum atomic E-state index is 13.3. The van der Waals surface area contributed by atoms with Crippen LogP contribution in [-0.2, 0) is 0 Å². The van der Waals surface area contributed by atoms with Crippen molar-refractivity contribution in [1.29, 1.82) is 5.41 Å². The Balaban J connectivity index is 1.96. The zero-order chi connectivity index (χ0) is 14.3. The number of nitrogens with zero attached hydrogens (tertiary/aromatic N) is 2. The molecule has 0 bridgehead atoms. The Labute approximate surface area is 119 Å². The van der Waals surface area contributed by atoms with Gasteiger partial charge in [-0.25, -0.2) is 9.37 Å². The summed E-state index contributed by atoms with van der Waals surface area (Å²) in [5.41, 5.74) is 1.82. The average Bonchev–Trinajstić information content (AvgIpc) is 2.93. The highest BCUT2D eigenvalue weighted by Crippen LogP contribution is 2.32. The third-order valence-electron chi connectivity index (χ3n) is 3.06. The van der Waals surface area contributed by atoms with Crippen LogP contribution in [0.25, 0.3) is 5.57 Å². The van der Waals surface area contributed by atoms with Gasteiger partial charge in [0.05, 0.1) is 12.1 Å². The number of amidine groups is 1. The standard InChI is InChI=1S/C14H12FN3OS/c1-8-7-20-14(17-8)12-11(19)6-18(13(12)16)10-4-2-3-9(15)5-10/h2-5,7,16,19H,6H2,1H3. The summed E-state index contributed by atoms with van der Waals surface area (Å²) in [7, 11) is 0. The summed E-state index contributed by atoms with van der Waals surface area (Å²) in [4.78, 5) is 5.86. The second-order valence-corrected chi connectivity index (χ2v) is 5.39. The van der Waals surface area contributed by atoms with Gasteiger partial charge in [0.25, 0.3) is 0 Å². The predicted molar refractivity (Wildman–Crippen MR) is 77.9 cm³/mol. The molecule has 0 saturated carbocycles. The first-order valence-electron chi connectivity index (χ1n) is 6.03. The van der Waals surface area contributed by atoms with Gasteiger partial charge in [-0.1, -0.05) is 6.07 Å². The molecule has 2 N–H and O–H groups in total. The van der Waals surface area contributed by atoms with E-state index in [2.05, 4.69) is 4.98 Å². The molecule has 1 aromatic heterocycles. The van der Waals surface area contributed by atoms with E-state index in [0.29, 0.717) is 16.3 Å². The van der Waals surface area contributed by atoms with E-state index < -0.39 is 0 Å². The van der Waals surface area contributed by atoms with Crippen molar-refractivity contribution in [3.63, 3.8) is 0 Å². The lowest BCUT2D eigenvalue weighted by atomic mass is 10.2. The number of hydrogen-bond acceptors (Lipinski definition) is 4. The molecule has 20 heavy (non-hydrogen) atoms. The van der Waals surface area contributed by atoms with E-state index in [0.717, 1.165) is 5.69 Å². The van der Waals surface area contributed by atoms with Crippen molar-refractivity contribution in [1.82, 2.24) is 4.98 Å². The molecule has 0 unspecified atom stereocenters. The molecule has 0 atom stereocenters. The summed E-state index contributed by atoms with van der Waals surface area (Å²) in [6.45, 7) is 2.02. The van der Waals surface area contributed by atoms with Crippen LogP contribution in [-0.4, -0.2) is 22.5 Å². The topological polar surface area (TPSA) is 60.2 Å². The van der Waals surface area contributed by atoms with Crippen molar-refractivity contribution >= 4 is 28.4 Å². The van der Waals surface area contributed by atoms with Crippen molar-refractivity contribution in [2.75, 3.05) is 11.4 Å². The zero-order valence-electron chi connectivity index (χ0n) is 10.7. The Hall–Kier alpha value is -2.21. The van der Waals surface area contributed by atoms with Crippen LogP contribution in [0, 0.1) is 18.2 Å². The Morgan fingerprint density at radius 2 is 2.25 bits per heavy atom. The molecule has 1 aliphatic rings. The van der Waals surface area contributed by atoms with Crippen LogP contribution >= 0.6 is 11.3 Å². The number of nitrogens with one attached hydrogen (secondary N) is 1. The number of aliphatic hydroxyl groups excluding tert-OH is 1.